The summed E-state index contributed by atoms with van der Waals surface area (Å²) in [6.45, 7) is 10.1. The molecule has 1 aliphatic rings. The molecule has 0 saturated carbocycles. The summed E-state index contributed by atoms with van der Waals surface area (Å²) in [5.41, 5.74) is 5.70. The van der Waals surface area contributed by atoms with Crippen LogP contribution in [0.5, 0.6) is 0 Å². The molecule has 3 heteroatoms. The Hall–Kier alpha value is -0.120. The third-order valence-corrected chi connectivity index (χ3v) is 4.12. The molecule has 1 aliphatic heterocycles. The Morgan fingerprint density at radius 3 is 2.76 bits per heavy atom. The second kappa shape index (κ2) is 8.06. The fraction of sp³-hybridized carbons (Fsp3) is 1.00. The number of nitrogens with zero attached hydrogens (tertiary/aromatic N) is 2. The molecule has 1 saturated heterocycles. The maximum atomic E-state index is 5.70. The van der Waals surface area contributed by atoms with Crippen LogP contribution in [0.2, 0.25) is 0 Å². The minimum absolute atomic E-state index is 0.624. The molecule has 0 aromatic rings. The maximum Gasteiger partial charge on any atom is 0.0104 e. The summed E-state index contributed by atoms with van der Waals surface area (Å²) in [7, 11) is 2.28. The fourth-order valence-corrected chi connectivity index (χ4v) is 2.73. The summed E-state index contributed by atoms with van der Waals surface area (Å²) in [5.74, 6) is 0.624. The molecule has 1 rings (SSSR count). The van der Waals surface area contributed by atoms with Gasteiger partial charge in [-0.25, -0.2) is 0 Å². The number of likely N-dealkylation sites (tertiary alicyclic amines) is 1. The van der Waals surface area contributed by atoms with Crippen molar-refractivity contribution < 1.29 is 0 Å². The SMILES string of the molecule is CCN(CCC1CCCCN1C)CC(C)CN. The lowest BCUT2D eigenvalue weighted by Crippen LogP contribution is -2.40. The maximum absolute atomic E-state index is 5.70. The van der Waals surface area contributed by atoms with Crippen LogP contribution in [-0.4, -0.2) is 55.6 Å². The third-order valence-electron chi connectivity index (χ3n) is 4.12. The zero-order valence-corrected chi connectivity index (χ0v) is 12.0. The molecule has 17 heavy (non-hydrogen) atoms. The first-order chi connectivity index (χ1) is 8.17. The summed E-state index contributed by atoms with van der Waals surface area (Å²) in [6.07, 6.45) is 5.51. The smallest absolute Gasteiger partial charge is 0.0104 e. The van der Waals surface area contributed by atoms with Gasteiger partial charge >= 0.3 is 0 Å². The highest BCUT2D eigenvalue weighted by Crippen LogP contribution is 2.18. The Balaban J connectivity index is 2.26. The van der Waals surface area contributed by atoms with Gasteiger partial charge in [-0.2, -0.15) is 0 Å². The molecule has 0 aliphatic carbocycles. The van der Waals surface area contributed by atoms with Gasteiger partial charge in [0.15, 0.2) is 0 Å². The van der Waals surface area contributed by atoms with Gasteiger partial charge in [-0.05, 0) is 58.4 Å². The zero-order chi connectivity index (χ0) is 12.7. The van der Waals surface area contributed by atoms with Crippen LogP contribution in [-0.2, 0) is 0 Å². The molecule has 0 aromatic carbocycles. The van der Waals surface area contributed by atoms with Crippen LogP contribution in [0.4, 0.5) is 0 Å². The Labute approximate surface area is 107 Å². The minimum atomic E-state index is 0.624. The summed E-state index contributed by atoms with van der Waals surface area (Å²) in [6, 6.07) is 0.811. The average molecular weight is 241 g/mol. The van der Waals surface area contributed by atoms with Crippen molar-refractivity contribution in [2.24, 2.45) is 11.7 Å². The van der Waals surface area contributed by atoms with Crippen molar-refractivity contribution in [3.8, 4) is 0 Å². The van der Waals surface area contributed by atoms with Crippen molar-refractivity contribution in [3.05, 3.63) is 0 Å². The van der Waals surface area contributed by atoms with Crippen LogP contribution in [0, 0.1) is 5.92 Å². The molecular formula is C14H31N3. The highest BCUT2D eigenvalue weighted by atomic mass is 15.2. The van der Waals surface area contributed by atoms with E-state index in [0.29, 0.717) is 5.92 Å². The van der Waals surface area contributed by atoms with Crippen LogP contribution in [0.25, 0.3) is 0 Å². The molecule has 2 N–H and O–H groups in total. The van der Waals surface area contributed by atoms with Gasteiger partial charge in [-0.1, -0.05) is 20.3 Å². The Morgan fingerprint density at radius 1 is 1.41 bits per heavy atom. The number of hydrogen-bond acceptors (Lipinski definition) is 3. The Bertz CT molecular complexity index is 196. The van der Waals surface area contributed by atoms with Crippen LogP contribution in [0.15, 0.2) is 0 Å². The van der Waals surface area contributed by atoms with Crippen molar-refractivity contribution in [2.75, 3.05) is 39.8 Å². The lowest BCUT2D eigenvalue weighted by atomic mass is 10.00. The predicted molar refractivity (Wildman–Crippen MR) is 75.2 cm³/mol. The Kier molecular flexibility index (Phi) is 7.09. The van der Waals surface area contributed by atoms with E-state index < -0.39 is 0 Å². The molecule has 1 heterocycles. The molecular weight excluding hydrogens is 210 g/mol. The number of nitrogens with two attached hydrogens (primary N) is 1. The highest BCUT2D eigenvalue weighted by molar-refractivity contribution is 4.75. The summed E-state index contributed by atoms with van der Waals surface area (Å²) >= 11 is 0. The molecule has 0 bridgehead atoms. The van der Waals surface area contributed by atoms with Gasteiger partial charge in [-0.15, -0.1) is 0 Å². The van der Waals surface area contributed by atoms with E-state index in [-0.39, 0.29) is 0 Å². The molecule has 102 valence electrons. The van der Waals surface area contributed by atoms with E-state index in [2.05, 4.69) is 30.7 Å². The minimum Gasteiger partial charge on any atom is -0.330 e. The first kappa shape index (κ1) is 14.9. The quantitative estimate of drug-likeness (QED) is 0.737. The average Bonchev–Trinajstić information content (AvgIpc) is 2.35. The van der Waals surface area contributed by atoms with Gasteiger partial charge in [0.25, 0.3) is 0 Å². The van der Waals surface area contributed by atoms with Crippen LogP contribution >= 0.6 is 0 Å². The predicted octanol–water partition coefficient (Wildman–Crippen LogP) is 1.78. The van der Waals surface area contributed by atoms with Crippen LogP contribution in [0.1, 0.15) is 39.5 Å². The lowest BCUT2D eigenvalue weighted by Gasteiger charge is -2.34. The van der Waals surface area contributed by atoms with Crippen LogP contribution < -0.4 is 5.73 Å². The summed E-state index contributed by atoms with van der Waals surface area (Å²) in [5, 5.41) is 0. The first-order valence-corrected chi connectivity index (χ1v) is 7.30. The van der Waals surface area contributed by atoms with E-state index in [1.807, 2.05) is 0 Å². The van der Waals surface area contributed by atoms with E-state index in [9.17, 15) is 0 Å². The molecule has 2 unspecified atom stereocenters. The van der Waals surface area contributed by atoms with E-state index in [1.54, 1.807) is 0 Å². The summed E-state index contributed by atoms with van der Waals surface area (Å²) in [4.78, 5) is 5.10. The standard InChI is InChI=1S/C14H31N3/c1-4-17(12-13(2)11-15)10-8-14-7-5-6-9-16(14)3/h13-14H,4-12,15H2,1-3H3. The Morgan fingerprint density at radius 2 is 2.18 bits per heavy atom. The molecule has 1 fully saturated rings. The van der Waals surface area contributed by atoms with E-state index in [4.69, 9.17) is 5.73 Å². The van der Waals surface area contributed by atoms with Gasteiger partial charge in [-0.3, -0.25) is 0 Å². The van der Waals surface area contributed by atoms with E-state index >= 15 is 0 Å². The van der Waals surface area contributed by atoms with Gasteiger partial charge in [0.05, 0.1) is 0 Å². The molecule has 0 spiro atoms. The number of rotatable bonds is 7. The molecule has 0 aromatic heterocycles. The third kappa shape index (κ3) is 5.36. The normalized spacial score (nSPS) is 24.2. The van der Waals surface area contributed by atoms with Crippen LogP contribution in [0.3, 0.4) is 0 Å². The van der Waals surface area contributed by atoms with E-state index in [0.717, 1.165) is 25.7 Å². The first-order valence-electron chi connectivity index (χ1n) is 7.30. The lowest BCUT2D eigenvalue weighted by molar-refractivity contribution is 0.150. The molecule has 2 atom stereocenters. The number of piperidine rings is 1. The monoisotopic (exact) mass is 241 g/mol. The van der Waals surface area contributed by atoms with Crippen molar-refractivity contribution in [3.63, 3.8) is 0 Å². The zero-order valence-electron chi connectivity index (χ0n) is 12.0. The van der Waals surface area contributed by atoms with Gasteiger partial charge in [0.2, 0.25) is 0 Å². The second-order valence-corrected chi connectivity index (χ2v) is 5.65. The fourth-order valence-electron chi connectivity index (χ4n) is 2.73. The molecule has 3 nitrogen and oxygen atoms in total. The topological polar surface area (TPSA) is 32.5 Å². The largest absolute Gasteiger partial charge is 0.330 e. The highest BCUT2D eigenvalue weighted by Gasteiger charge is 2.19. The van der Waals surface area contributed by atoms with Crippen molar-refractivity contribution in [1.29, 1.82) is 0 Å². The van der Waals surface area contributed by atoms with Crippen molar-refractivity contribution >= 4 is 0 Å². The number of hydrogen-bond donors (Lipinski definition) is 1. The molecule has 0 radical (unpaired) electrons. The van der Waals surface area contributed by atoms with Gasteiger partial charge < -0.3 is 15.5 Å². The second-order valence-electron chi connectivity index (χ2n) is 5.65. The summed E-state index contributed by atoms with van der Waals surface area (Å²) < 4.78 is 0. The molecule has 0 amide bonds. The van der Waals surface area contributed by atoms with E-state index in [1.165, 1.54) is 38.8 Å². The van der Waals surface area contributed by atoms with Crippen molar-refractivity contribution in [1.82, 2.24) is 9.80 Å². The van der Waals surface area contributed by atoms with Gasteiger partial charge in [0, 0.05) is 12.6 Å². The van der Waals surface area contributed by atoms with Gasteiger partial charge in [0.1, 0.15) is 0 Å². The van der Waals surface area contributed by atoms with Crippen molar-refractivity contribution in [2.45, 2.75) is 45.6 Å².